The first-order chi connectivity index (χ1) is 11.3. The molecule has 1 heterocycles. The summed E-state index contributed by atoms with van der Waals surface area (Å²) in [6.45, 7) is 2.18. The first-order valence-corrected chi connectivity index (χ1v) is 7.90. The van der Waals surface area contributed by atoms with Gasteiger partial charge in [-0.2, -0.15) is 0 Å². The number of rotatable bonds is 3. The number of hydrogen-bond donors (Lipinski definition) is 1. The van der Waals surface area contributed by atoms with Crippen molar-refractivity contribution in [3.63, 3.8) is 0 Å². The van der Waals surface area contributed by atoms with Gasteiger partial charge in [0, 0.05) is 11.6 Å². The predicted octanol–water partition coefficient (Wildman–Crippen LogP) is 5.56. The molecule has 0 fully saturated rings. The Kier molecular flexibility index (Phi) is 3.43. The summed E-state index contributed by atoms with van der Waals surface area (Å²) in [5.74, 6) is 0.907. The Morgan fingerprint density at radius 3 is 2.35 bits per heavy atom. The topological polar surface area (TPSA) is 24.9 Å². The van der Waals surface area contributed by atoms with E-state index in [9.17, 15) is 0 Å². The molecule has 0 aliphatic carbocycles. The Bertz CT molecular complexity index is 970. The van der Waals surface area contributed by atoms with Crippen molar-refractivity contribution in [2.75, 3.05) is 5.32 Å². The summed E-state index contributed by atoms with van der Waals surface area (Å²) in [6, 6.07) is 25.5. The molecule has 0 radical (unpaired) electrons. The molecule has 2 nitrogen and oxygen atoms in total. The van der Waals surface area contributed by atoms with E-state index in [0.29, 0.717) is 0 Å². The molecule has 2 heteroatoms. The van der Waals surface area contributed by atoms with Gasteiger partial charge in [0.2, 0.25) is 0 Å². The van der Waals surface area contributed by atoms with Gasteiger partial charge in [-0.3, -0.25) is 0 Å². The monoisotopic (exact) mass is 298 g/mol. The predicted molar refractivity (Wildman–Crippen MR) is 97.7 cm³/mol. The SMILES string of the molecule is CC(Nc1cc2ccccc2cn1)c1cccc2ccccc12. The Hall–Kier alpha value is -2.87. The molecule has 0 bridgehead atoms. The zero-order chi connectivity index (χ0) is 15.6. The number of hydrogen-bond acceptors (Lipinski definition) is 2. The minimum Gasteiger partial charge on any atom is -0.364 e. The largest absolute Gasteiger partial charge is 0.364 e. The lowest BCUT2D eigenvalue weighted by Crippen LogP contribution is -2.08. The van der Waals surface area contributed by atoms with Crippen LogP contribution in [0, 0.1) is 0 Å². The Labute approximate surface area is 135 Å². The molecule has 0 aliphatic heterocycles. The summed E-state index contributed by atoms with van der Waals surface area (Å²) < 4.78 is 0. The van der Waals surface area contributed by atoms with E-state index in [-0.39, 0.29) is 6.04 Å². The molecule has 0 saturated heterocycles. The average molecular weight is 298 g/mol. The quantitative estimate of drug-likeness (QED) is 0.535. The molecule has 3 aromatic carbocycles. The lowest BCUT2D eigenvalue weighted by Gasteiger charge is -2.17. The summed E-state index contributed by atoms with van der Waals surface area (Å²) in [4.78, 5) is 4.54. The minimum atomic E-state index is 0.190. The van der Waals surface area contributed by atoms with E-state index in [0.717, 1.165) is 11.2 Å². The van der Waals surface area contributed by atoms with Crippen LogP contribution in [0.3, 0.4) is 0 Å². The van der Waals surface area contributed by atoms with Crippen molar-refractivity contribution in [1.82, 2.24) is 4.98 Å². The van der Waals surface area contributed by atoms with Crippen molar-refractivity contribution in [2.24, 2.45) is 0 Å². The van der Waals surface area contributed by atoms with E-state index in [1.807, 2.05) is 12.3 Å². The lowest BCUT2D eigenvalue weighted by molar-refractivity contribution is 0.885. The maximum Gasteiger partial charge on any atom is 0.126 e. The van der Waals surface area contributed by atoms with E-state index in [1.54, 1.807) is 0 Å². The maximum atomic E-state index is 4.54. The van der Waals surface area contributed by atoms with Gasteiger partial charge >= 0.3 is 0 Å². The fourth-order valence-electron chi connectivity index (χ4n) is 3.09. The van der Waals surface area contributed by atoms with E-state index in [1.165, 1.54) is 21.7 Å². The normalized spacial score (nSPS) is 12.4. The van der Waals surface area contributed by atoms with Crippen LogP contribution in [0.4, 0.5) is 5.82 Å². The molecular formula is C21H18N2. The molecule has 1 unspecified atom stereocenters. The molecule has 4 rings (SSSR count). The molecule has 1 N–H and O–H groups in total. The number of nitrogens with zero attached hydrogens (tertiary/aromatic N) is 1. The van der Waals surface area contributed by atoms with Gasteiger partial charge in [0.1, 0.15) is 5.82 Å². The van der Waals surface area contributed by atoms with Crippen LogP contribution in [0.1, 0.15) is 18.5 Å². The van der Waals surface area contributed by atoms with E-state index in [2.05, 4.69) is 84.0 Å². The molecule has 1 atom stereocenters. The van der Waals surface area contributed by atoms with Crippen LogP contribution in [-0.2, 0) is 0 Å². The fraction of sp³-hybridized carbons (Fsp3) is 0.0952. The molecule has 23 heavy (non-hydrogen) atoms. The van der Waals surface area contributed by atoms with E-state index >= 15 is 0 Å². The highest BCUT2D eigenvalue weighted by Crippen LogP contribution is 2.27. The number of aromatic nitrogens is 1. The van der Waals surface area contributed by atoms with Gasteiger partial charge in [0.05, 0.1) is 6.04 Å². The second kappa shape index (κ2) is 5.73. The van der Waals surface area contributed by atoms with Crippen LogP contribution in [0.25, 0.3) is 21.5 Å². The van der Waals surface area contributed by atoms with Crippen molar-refractivity contribution in [3.05, 3.63) is 84.6 Å². The van der Waals surface area contributed by atoms with Gasteiger partial charge in [0.25, 0.3) is 0 Å². The maximum absolute atomic E-state index is 4.54. The van der Waals surface area contributed by atoms with Crippen molar-refractivity contribution >= 4 is 27.4 Å². The van der Waals surface area contributed by atoms with E-state index in [4.69, 9.17) is 0 Å². The minimum absolute atomic E-state index is 0.190. The zero-order valence-corrected chi connectivity index (χ0v) is 13.0. The molecule has 4 aromatic rings. The smallest absolute Gasteiger partial charge is 0.126 e. The number of anilines is 1. The highest BCUT2D eigenvalue weighted by Gasteiger charge is 2.09. The van der Waals surface area contributed by atoms with Crippen molar-refractivity contribution < 1.29 is 0 Å². The van der Waals surface area contributed by atoms with Crippen LogP contribution in [0.2, 0.25) is 0 Å². The highest BCUT2D eigenvalue weighted by molar-refractivity contribution is 5.87. The standard InChI is InChI=1S/C21H18N2/c1-15(19-12-6-10-16-7-4-5-11-20(16)19)23-21-13-17-8-2-3-9-18(17)14-22-21/h2-15H,1H3,(H,22,23). The van der Waals surface area contributed by atoms with Gasteiger partial charge in [-0.15, -0.1) is 0 Å². The fourth-order valence-corrected chi connectivity index (χ4v) is 3.09. The van der Waals surface area contributed by atoms with Gasteiger partial charge in [-0.1, -0.05) is 66.7 Å². The Morgan fingerprint density at radius 1 is 0.783 bits per heavy atom. The van der Waals surface area contributed by atoms with Crippen molar-refractivity contribution in [3.8, 4) is 0 Å². The molecule has 0 saturated carbocycles. The Morgan fingerprint density at radius 2 is 1.48 bits per heavy atom. The number of benzene rings is 3. The average Bonchev–Trinajstić information content (AvgIpc) is 2.61. The molecule has 112 valence electrons. The van der Waals surface area contributed by atoms with Crippen LogP contribution in [0.5, 0.6) is 0 Å². The van der Waals surface area contributed by atoms with Crippen LogP contribution in [-0.4, -0.2) is 4.98 Å². The van der Waals surface area contributed by atoms with Gasteiger partial charge in [0.15, 0.2) is 0 Å². The number of nitrogens with one attached hydrogen (secondary N) is 1. The summed E-state index contributed by atoms with van der Waals surface area (Å²) in [6.07, 6.45) is 1.92. The molecule has 0 amide bonds. The first kappa shape index (κ1) is 13.8. The lowest BCUT2D eigenvalue weighted by atomic mass is 10.00. The first-order valence-electron chi connectivity index (χ1n) is 7.90. The summed E-state index contributed by atoms with van der Waals surface area (Å²) in [7, 11) is 0. The third kappa shape index (κ3) is 2.64. The summed E-state index contributed by atoms with van der Waals surface area (Å²) in [5.41, 5.74) is 1.29. The van der Waals surface area contributed by atoms with Crippen LogP contribution in [0.15, 0.2) is 79.0 Å². The van der Waals surface area contributed by atoms with Gasteiger partial charge in [-0.05, 0) is 34.7 Å². The van der Waals surface area contributed by atoms with Crippen molar-refractivity contribution in [2.45, 2.75) is 13.0 Å². The summed E-state index contributed by atoms with van der Waals surface area (Å²) >= 11 is 0. The highest BCUT2D eigenvalue weighted by atomic mass is 15.0. The molecule has 0 aliphatic rings. The van der Waals surface area contributed by atoms with Gasteiger partial charge < -0.3 is 5.32 Å². The third-order valence-electron chi connectivity index (χ3n) is 4.29. The molecule has 1 aromatic heterocycles. The third-order valence-corrected chi connectivity index (χ3v) is 4.29. The van der Waals surface area contributed by atoms with Crippen molar-refractivity contribution in [1.29, 1.82) is 0 Å². The molecule has 0 spiro atoms. The number of pyridine rings is 1. The van der Waals surface area contributed by atoms with E-state index < -0.39 is 0 Å². The summed E-state index contributed by atoms with van der Waals surface area (Å²) in [5, 5.41) is 8.45. The van der Waals surface area contributed by atoms with Crippen LogP contribution < -0.4 is 5.32 Å². The van der Waals surface area contributed by atoms with Gasteiger partial charge in [-0.25, -0.2) is 4.98 Å². The Balaban J connectivity index is 1.69. The van der Waals surface area contributed by atoms with Crippen LogP contribution >= 0.6 is 0 Å². The number of fused-ring (bicyclic) bond motifs is 2. The zero-order valence-electron chi connectivity index (χ0n) is 13.0. The second-order valence-electron chi connectivity index (χ2n) is 5.85. The molecular weight excluding hydrogens is 280 g/mol. The second-order valence-corrected chi connectivity index (χ2v) is 5.85.